The smallest absolute Gasteiger partial charge is 0.333 e. The maximum Gasteiger partial charge on any atom is 0.333 e. The molecular formula is C28H39FO4. The Kier molecular flexibility index (Phi) is 6.52. The minimum absolute atomic E-state index is 0.0689. The number of aliphatic hydroxyl groups is 2. The summed E-state index contributed by atoms with van der Waals surface area (Å²) in [4.78, 5) is 11.7. The summed E-state index contributed by atoms with van der Waals surface area (Å²) in [5.74, 6) is -0.675. The third kappa shape index (κ3) is 4.05. The van der Waals surface area contributed by atoms with Crippen molar-refractivity contribution in [1.82, 2.24) is 0 Å². The van der Waals surface area contributed by atoms with E-state index in [0.29, 0.717) is 24.0 Å². The Morgan fingerprint density at radius 2 is 1.94 bits per heavy atom. The zero-order valence-corrected chi connectivity index (χ0v) is 20.3. The molecule has 5 heteroatoms. The Bertz CT molecular complexity index is 888. The first-order valence-electron chi connectivity index (χ1n) is 12.5. The van der Waals surface area contributed by atoms with Gasteiger partial charge in [-0.1, -0.05) is 51.7 Å². The lowest BCUT2D eigenvalue weighted by Crippen LogP contribution is -2.44. The summed E-state index contributed by atoms with van der Waals surface area (Å²) in [6, 6.07) is 0. The number of hydrogen-bond acceptors (Lipinski definition) is 4. The fourth-order valence-electron chi connectivity index (χ4n) is 7.03. The van der Waals surface area contributed by atoms with Gasteiger partial charge in [0.1, 0.15) is 12.3 Å². The predicted molar refractivity (Wildman–Crippen MR) is 127 cm³/mol. The highest BCUT2D eigenvalue weighted by Crippen LogP contribution is 2.66. The number of carbonyl (C=O) groups excluding carboxylic acids is 1. The summed E-state index contributed by atoms with van der Waals surface area (Å²) in [6.45, 7) is 14.2. The summed E-state index contributed by atoms with van der Waals surface area (Å²) >= 11 is 0. The number of ether oxygens (including phenoxy) is 1. The van der Waals surface area contributed by atoms with Gasteiger partial charge in [-0.25, -0.2) is 9.18 Å². The number of rotatable bonds is 4. The van der Waals surface area contributed by atoms with Crippen LogP contribution >= 0.6 is 0 Å². The molecule has 33 heavy (non-hydrogen) atoms. The van der Waals surface area contributed by atoms with Crippen molar-refractivity contribution in [2.75, 3.05) is 0 Å². The van der Waals surface area contributed by atoms with E-state index in [1.54, 1.807) is 0 Å². The van der Waals surface area contributed by atoms with Gasteiger partial charge in [0, 0.05) is 24.3 Å². The van der Waals surface area contributed by atoms with E-state index < -0.39 is 24.5 Å². The first kappa shape index (κ1) is 24.4. The second-order valence-corrected chi connectivity index (χ2v) is 11.3. The van der Waals surface area contributed by atoms with Gasteiger partial charge in [-0.2, -0.15) is 0 Å². The first-order valence-corrected chi connectivity index (χ1v) is 12.5. The fourth-order valence-corrected chi connectivity index (χ4v) is 7.03. The monoisotopic (exact) mass is 458 g/mol. The molecule has 3 aliphatic carbocycles. The van der Waals surface area contributed by atoms with Gasteiger partial charge < -0.3 is 14.9 Å². The zero-order chi connectivity index (χ0) is 24.1. The fraction of sp³-hybridized carbons (Fsp3) is 0.679. The molecule has 0 spiro atoms. The molecule has 8 atom stereocenters. The van der Waals surface area contributed by atoms with Crippen LogP contribution in [0.4, 0.5) is 4.39 Å². The number of allylic oxidation sites excluding steroid dienone is 3. The number of esters is 1. The highest BCUT2D eigenvalue weighted by molar-refractivity contribution is 5.89. The van der Waals surface area contributed by atoms with Gasteiger partial charge in [0.25, 0.3) is 0 Å². The molecule has 0 amide bonds. The third-order valence-corrected chi connectivity index (χ3v) is 9.64. The number of fused-ring (bicyclic) bond motifs is 1. The lowest BCUT2D eigenvalue weighted by atomic mass is 9.54. The van der Waals surface area contributed by atoms with Crippen LogP contribution in [0.2, 0.25) is 0 Å². The van der Waals surface area contributed by atoms with Crippen LogP contribution in [0, 0.1) is 22.7 Å². The maximum absolute atomic E-state index is 15.7. The van der Waals surface area contributed by atoms with Crippen LogP contribution in [0.5, 0.6) is 0 Å². The topological polar surface area (TPSA) is 66.8 Å². The minimum atomic E-state index is -1.01. The van der Waals surface area contributed by atoms with Gasteiger partial charge in [-0.3, -0.25) is 0 Å². The van der Waals surface area contributed by atoms with E-state index in [1.165, 1.54) is 5.57 Å². The van der Waals surface area contributed by atoms with Crippen LogP contribution in [0.25, 0.3) is 0 Å². The van der Waals surface area contributed by atoms with E-state index in [-0.39, 0.29) is 35.1 Å². The number of aliphatic hydroxyl groups excluding tert-OH is 2. The van der Waals surface area contributed by atoms with Crippen molar-refractivity contribution in [2.24, 2.45) is 22.7 Å². The lowest BCUT2D eigenvalue weighted by molar-refractivity contribution is -0.139. The molecule has 3 saturated carbocycles. The van der Waals surface area contributed by atoms with Crippen molar-refractivity contribution in [3.63, 3.8) is 0 Å². The average molecular weight is 459 g/mol. The maximum atomic E-state index is 15.7. The summed E-state index contributed by atoms with van der Waals surface area (Å²) in [7, 11) is 0. The average Bonchev–Trinajstić information content (AvgIpc) is 3.23. The first-order chi connectivity index (χ1) is 15.5. The van der Waals surface area contributed by atoms with Gasteiger partial charge in [0.15, 0.2) is 0 Å². The van der Waals surface area contributed by atoms with Crippen LogP contribution in [0.15, 0.2) is 47.6 Å². The molecule has 0 aromatic heterocycles. The lowest BCUT2D eigenvalue weighted by Gasteiger charge is -2.51. The second-order valence-electron chi connectivity index (χ2n) is 11.3. The third-order valence-electron chi connectivity index (χ3n) is 9.64. The molecule has 182 valence electrons. The zero-order valence-electron chi connectivity index (χ0n) is 20.3. The Morgan fingerprint density at radius 1 is 1.21 bits per heavy atom. The van der Waals surface area contributed by atoms with Crippen molar-refractivity contribution in [3.05, 3.63) is 47.6 Å². The molecule has 4 fully saturated rings. The second kappa shape index (κ2) is 8.81. The molecule has 4 aliphatic rings. The highest BCUT2D eigenvalue weighted by Gasteiger charge is 2.59. The van der Waals surface area contributed by atoms with Gasteiger partial charge in [0.05, 0.1) is 12.2 Å². The summed E-state index contributed by atoms with van der Waals surface area (Å²) in [6.07, 6.45) is 7.39. The summed E-state index contributed by atoms with van der Waals surface area (Å²) in [5, 5.41) is 20.7. The van der Waals surface area contributed by atoms with Crippen LogP contribution in [-0.2, 0) is 9.53 Å². The molecule has 1 aliphatic heterocycles. The standard InChI is InChI=1S/C28H39FO4/c1-16-13-21(33-26(16)32)15-23(29)22-10-12-27(4)20(7-6-11-28(22,27)5)9-8-19-14-24(30)18(3)25(31)17(19)2/h8-9,18,21-25,30-31H,1-2,6-7,10-15H2,3-5H3/b19-8-,20-9+/t18-,21+,22+,23+,24+,25-,27-,28+/m0/s1. The van der Waals surface area contributed by atoms with Crippen LogP contribution in [-0.4, -0.2) is 40.7 Å². The van der Waals surface area contributed by atoms with Crippen molar-refractivity contribution < 1.29 is 24.1 Å². The molecule has 0 bridgehead atoms. The molecule has 0 radical (unpaired) electrons. The van der Waals surface area contributed by atoms with Gasteiger partial charge in [-0.05, 0) is 66.4 Å². The quantitative estimate of drug-likeness (QED) is 0.439. The van der Waals surface area contributed by atoms with E-state index in [1.807, 2.05) is 13.0 Å². The van der Waals surface area contributed by atoms with Gasteiger partial charge >= 0.3 is 5.97 Å². The van der Waals surface area contributed by atoms with E-state index in [2.05, 4.69) is 33.1 Å². The van der Waals surface area contributed by atoms with Crippen molar-refractivity contribution in [2.45, 2.75) is 96.6 Å². The molecule has 4 nitrogen and oxygen atoms in total. The summed E-state index contributed by atoms with van der Waals surface area (Å²) in [5.41, 5.74) is 3.10. The SMILES string of the molecule is C=C1C[C@H](C[C@@H](F)[C@H]2CC[C@@]3(C)/C(=C/C=C4/C[C@@H](O)[C@H](C)[C@@H](O)C4=C)CCC[C@]23C)OC1=O. The molecule has 1 heterocycles. The highest BCUT2D eigenvalue weighted by atomic mass is 19.1. The number of hydrogen-bond donors (Lipinski definition) is 2. The van der Waals surface area contributed by atoms with Crippen LogP contribution in [0.3, 0.4) is 0 Å². The molecule has 0 aromatic carbocycles. The molecular weight excluding hydrogens is 419 g/mol. The molecule has 0 unspecified atom stereocenters. The number of halogens is 1. The number of cyclic esters (lactones) is 1. The Hall–Kier alpha value is -1.72. The molecule has 1 saturated heterocycles. The summed E-state index contributed by atoms with van der Waals surface area (Å²) < 4.78 is 21.0. The van der Waals surface area contributed by atoms with Crippen LogP contribution < -0.4 is 0 Å². The van der Waals surface area contributed by atoms with Crippen LogP contribution in [0.1, 0.15) is 72.1 Å². The normalized spacial score (nSPS) is 44.9. The van der Waals surface area contributed by atoms with Gasteiger partial charge in [0.2, 0.25) is 0 Å². The predicted octanol–water partition coefficient (Wildman–Crippen LogP) is 5.36. The van der Waals surface area contributed by atoms with E-state index in [9.17, 15) is 15.0 Å². The van der Waals surface area contributed by atoms with Crippen molar-refractivity contribution in [1.29, 1.82) is 0 Å². The molecule has 0 aromatic rings. The van der Waals surface area contributed by atoms with Crippen molar-refractivity contribution >= 4 is 5.97 Å². The largest absolute Gasteiger partial charge is 0.459 e. The van der Waals surface area contributed by atoms with Crippen molar-refractivity contribution in [3.8, 4) is 0 Å². The Labute approximate surface area is 197 Å². The molecule has 4 rings (SSSR count). The van der Waals surface area contributed by atoms with E-state index >= 15 is 4.39 Å². The molecule has 2 N–H and O–H groups in total. The minimum Gasteiger partial charge on any atom is -0.459 e. The van der Waals surface area contributed by atoms with Gasteiger partial charge in [-0.15, -0.1) is 0 Å². The van der Waals surface area contributed by atoms with E-state index in [4.69, 9.17) is 4.74 Å². The number of carbonyl (C=O) groups is 1. The van der Waals surface area contributed by atoms with E-state index in [0.717, 1.165) is 37.7 Å². The number of alkyl halides is 1. The Balaban J connectivity index is 1.54. The Morgan fingerprint density at radius 3 is 2.61 bits per heavy atom.